The molecule has 0 spiro atoms. The van der Waals surface area contributed by atoms with E-state index < -0.39 is 20.3 Å². The molecule has 2 heterocycles. The normalized spacial score (nSPS) is 14.0. The molecule has 2 aromatic rings. The molecule has 0 bridgehead atoms. The maximum absolute atomic E-state index is 10.7. The Balaban J connectivity index is 2.08. The van der Waals surface area contributed by atoms with Crippen molar-refractivity contribution >= 4 is 24.6 Å². The maximum atomic E-state index is 10.7. The minimum absolute atomic E-state index is 0.0241. The van der Waals surface area contributed by atoms with Crippen molar-refractivity contribution < 1.29 is 24.2 Å². The summed E-state index contributed by atoms with van der Waals surface area (Å²) in [6, 6.07) is 0. The number of fused-ring (bicyclic) bond motifs is 1. The predicted octanol–water partition coefficient (Wildman–Crippen LogP) is -0.565. The molecule has 1 unspecified atom stereocenters. The van der Waals surface area contributed by atoms with E-state index in [-0.39, 0.29) is 12.5 Å². The largest absolute Gasteiger partial charge is 0.393 e. The van der Waals surface area contributed by atoms with Gasteiger partial charge < -0.3 is 25.4 Å². The number of aliphatic hydroxyl groups excluding tert-OH is 1. The van der Waals surface area contributed by atoms with Crippen molar-refractivity contribution in [1.29, 1.82) is 0 Å². The van der Waals surface area contributed by atoms with Gasteiger partial charge in [-0.1, -0.05) is 0 Å². The standard InChI is InChI=1S/C10H14N5O5P/c11-9-8-10(13-4-12-9)15(5-14-8)6-20-7(3-16)1-2-21(17,18)19/h1-2,4-5,7,16H,3,6H2,(H2,11,12,13)(H2,17,18,19)/b2-1+. The van der Waals surface area contributed by atoms with Crippen LogP contribution in [-0.4, -0.2) is 47.1 Å². The lowest BCUT2D eigenvalue weighted by Crippen LogP contribution is -2.17. The second kappa shape index (κ2) is 6.29. The molecule has 0 aliphatic heterocycles. The molecule has 5 N–H and O–H groups in total. The quantitative estimate of drug-likeness (QED) is 0.512. The van der Waals surface area contributed by atoms with Gasteiger partial charge in [-0.2, -0.15) is 0 Å². The summed E-state index contributed by atoms with van der Waals surface area (Å²) in [5.41, 5.74) is 6.52. The van der Waals surface area contributed by atoms with Crippen molar-refractivity contribution in [3.63, 3.8) is 0 Å². The first-order valence-corrected chi connectivity index (χ1v) is 7.47. The lowest BCUT2D eigenvalue weighted by Gasteiger charge is -2.12. The highest BCUT2D eigenvalue weighted by molar-refractivity contribution is 7.55. The Kier molecular flexibility index (Phi) is 4.66. The highest BCUT2D eigenvalue weighted by atomic mass is 31.2. The van der Waals surface area contributed by atoms with E-state index in [1.54, 1.807) is 0 Å². The molecule has 0 saturated heterocycles. The maximum Gasteiger partial charge on any atom is 0.348 e. The van der Waals surface area contributed by atoms with Crippen LogP contribution in [0.3, 0.4) is 0 Å². The summed E-state index contributed by atoms with van der Waals surface area (Å²) in [4.78, 5) is 29.3. The van der Waals surface area contributed by atoms with E-state index in [0.717, 1.165) is 6.08 Å². The van der Waals surface area contributed by atoms with Crippen LogP contribution in [0.1, 0.15) is 0 Å². The molecule has 0 aliphatic rings. The minimum Gasteiger partial charge on any atom is -0.393 e. The zero-order valence-electron chi connectivity index (χ0n) is 10.8. The molecule has 2 aromatic heterocycles. The average Bonchev–Trinajstić information content (AvgIpc) is 2.83. The minimum atomic E-state index is -4.29. The van der Waals surface area contributed by atoms with Gasteiger partial charge in [-0.15, -0.1) is 0 Å². The predicted molar refractivity (Wildman–Crippen MR) is 72.9 cm³/mol. The first-order valence-electron chi connectivity index (χ1n) is 5.79. The van der Waals surface area contributed by atoms with Gasteiger partial charge >= 0.3 is 7.60 Å². The van der Waals surface area contributed by atoms with Crippen LogP contribution in [0, 0.1) is 0 Å². The molecular weight excluding hydrogens is 301 g/mol. The summed E-state index contributed by atoms with van der Waals surface area (Å²) in [7, 11) is -4.29. The molecule has 0 aromatic carbocycles. The number of aliphatic hydroxyl groups is 1. The van der Waals surface area contributed by atoms with E-state index >= 15 is 0 Å². The smallest absolute Gasteiger partial charge is 0.348 e. The van der Waals surface area contributed by atoms with Crippen LogP contribution < -0.4 is 5.73 Å². The van der Waals surface area contributed by atoms with Crippen LogP contribution in [0.4, 0.5) is 5.82 Å². The van der Waals surface area contributed by atoms with E-state index in [1.165, 1.54) is 17.2 Å². The molecule has 114 valence electrons. The fourth-order valence-electron chi connectivity index (χ4n) is 1.55. The molecule has 0 amide bonds. The van der Waals surface area contributed by atoms with E-state index in [1.807, 2.05) is 0 Å². The lowest BCUT2D eigenvalue weighted by molar-refractivity contribution is 0.00468. The molecule has 0 aliphatic carbocycles. The molecule has 2 rings (SSSR count). The number of rotatable bonds is 6. The van der Waals surface area contributed by atoms with Gasteiger partial charge in [0.2, 0.25) is 0 Å². The number of aromatic nitrogens is 4. The topological polar surface area (TPSA) is 157 Å². The fourth-order valence-corrected chi connectivity index (χ4v) is 1.96. The van der Waals surface area contributed by atoms with Gasteiger partial charge in [0.05, 0.1) is 12.9 Å². The average molecular weight is 315 g/mol. The molecule has 0 fully saturated rings. The summed E-state index contributed by atoms with van der Waals surface area (Å²) in [6.45, 7) is -0.454. The van der Waals surface area contributed by atoms with Crippen molar-refractivity contribution in [1.82, 2.24) is 19.5 Å². The number of ether oxygens (including phenoxy) is 1. The van der Waals surface area contributed by atoms with Crippen LogP contribution in [0.5, 0.6) is 0 Å². The van der Waals surface area contributed by atoms with Crippen molar-refractivity contribution in [3.8, 4) is 0 Å². The zero-order valence-corrected chi connectivity index (χ0v) is 11.7. The Morgan fingerprint density at radius 1 is 1.43 bits per heavy atom. The molecule has 21 heavy (non-hydrogen) atoms. The van der Waals surface area contributed by atoms with Gasteiger partial charge in [0.25, 0.3) is 0 Å². The van der Waals surface area contributed by atoms with E-state index in [4.69, 9.17) is 25.4 Å². The van der Waals surface area contributed by atoms with Gasteiger partial charge in [-0.3, -0.25) is 9.13 Å². The van der Waals surface area contributed by atoms with Gasteiger partial charge in [0.15, 0.2) is 11.5 Å². The number of nitrogen functional groups attached to an aromatic ring is 1. The van der Waals surface area contributed by atoms with Gasteiger partial charge in [0.1, 0.15) is 24.7 Å². The molecular formula is C10H14N5O5P. The number of anilines is 1. The number of imidazole rings is 1. The van der Waals surface area contributed by atoms with Crippen molar-refractivity contribution in [2.75, 3.05) is 12.3 Å². The third kappa shape index (κ3) is 4.06. The van der Waals surface area contributed by atoms with Crippen LogP contribution >= 0.6 is 7.60 Å². The summed E-state index contributed by atoms with van der Waals surface area (Å²) < 4.78 is 17.6. The third-order valence-corrected chi connectivity index (χ3v) is 3.09. The van der Waals surface area contributed by atoms with Gasteiger partial charge in [-0.05, 0) is 6.08 Å². The van der Waals surface area contributed by atoms with Crippen LogP contribution in [0.15, 0.2) is 24.5 Å². The number of nitrogens with zero attached hydrogens (tertiary/aromatic N) is 4. The van der Waals surface area contributed by atoms with E-state index in [0.29, 0.717) is 17.0 Å². The summed E-state index contributed by atoms with van der Waals surface area (Å²) >= 11 is 0. The highest BCUT2D eigenvalue weighted by Gasteiger charge is 2.12. The van der Waals surface area contributed by atoms with E-state index in [2.05, 4.69) is 15.0 Å². The number of nitrogens with two attached hydrogens (primary N) is 1. The van der Waals surface area contributed by atoms with Crippen molar-refractivity contribution in [2.45, 2.75) is 12.8 Å². The zero-order chi connectivity index (χ0) is 15.5. The second-order valence-corrected chi connectivity index (χ2v) is 5.57. The Morgan fingerprint density at radius 3 is 2.86 bits per heavy atom. The molecule has 10 nitrogen and oxygen atoms in total. The molecule has 11 heteroatoms. The SMILES string of the molecule is Nc1ncnc2c1ncn2COC(/C=C/P(=O)(O)O)CO. The first kappa shape index (κ1) is 15.5. The van der Waals surface area contributed by atoms with Crippen LogP contribution in [-0.2, 0) is 16.0 Å². The van der Waals surface area contributed by atoms with E-state index in [9.17, 15) is 4.57 Å². The Labute approximate surface area is 119 Å². The summed E-state index contributed by atoms with van der Waals surface area (Å²) in [5, 5.41) is 9.11. The molecule has 1 atom stereocenters. The monoisotopic (exact) mass is 315 g/mol. The third-order valence-electron chi connectivity index (χ3n) is 2.53. The molecule has 0 saturated carbocycles. The van der Waals surface area contributed by atoms with Crippen molar-refractivity contribution in [3.05, 3.63) is 24.5 Å². The Bertz CT molecular complexity index is 696. The van der Waals surface area contributed by atoms with Crippen LogP contribution in [0.2, 0.25) is 0 Å². The summed E-state index contributed by atoms with van der Waals surface area (Å²) in [6.07, 6.45) is 2.96. The van der Waals surface area contributed by atoms with Crippen LogP contribution in [0.25, 0.3) is 11.2 Å². The summed E-state index contributed by atoms with van der Waals surface area (Å²) in [5.74, 6) is 0.916. The number of hydrogen-bond acceptors (Lipinski definition) is 7. The second-order valence-electron chi connectivity index (χ2n) is 4.09. The first-order chi connectivity index (χ1) is 9.90. The lowest BCUT2D eigenvalue weighted by atomic mass is 10.4. The highest BCUT2D eigenvalue weighted by Crippen LogP contribution is 2.36. The fraction of sp³-hybridized carbons (Fsp3) is 0.300. The number of hydrogen-bond donors (Lipinski definition) is 4. The van der Waals surface area contributed by atoms with Gasteiger partial charge in [-0.25, -0.2) is 15.0 Å². The Morgan fingerprint density at radius 2 is 2.19 bits per heavy atom. The van der Waals surface area contributed by atoms with Crippen molar-refractivity contribution in [2.24, 2.45) is 0 Å². The Hall–Kier alpha value is -1.84. The van der Waals surface area contributed by atoms with Gasteiger partial charge in [0, 0.05) is 5.82 Å². The molecule has 0 radical (unpaired) electrons.